The number of carbonyl (C=O) groups excluding carboxylic acids is 1. The Bertz CT molecular complexity index is 1920. The van der Waals surface area contributed by atoms with E-state index in [1.54, 1.807) is 0 Å². The zero-order chi connectivity index (χ0) is 29.7. The molecule has 1 aromatic carbocycles. The number of amides is 1. The fourth-order valence-electron chi connectivity index (χ4n) is 3.64. The first-order chi connectivity index (χ1) is 18.6. The molecule has 11 nitrogen and oxygen atoms in total. The third-order valence-electron chi connectivity index (χ3n) is 5.54. The number of rotatable bonds is 6. The Balaban J connectivity index is 0.00000308. The summed E-state index contributed by atoms with van der Waals surface area (Å²) in [4.78, 5) is 51.0. The van der Waals surface area contributed by atoms with E-state index in [1.807, 2.05) is 0 Å². The van der Waals surface area contributed by atoms with Gasteiger partial charge in [0.1, 0.15) is 27.7 Å². The van der Waals surface area contributed by atoms with Gasteiger partial charge < -0.3 is 4.62 Å². The van der Waals surface area contributed by atoms with E-state index >= 15 is 0 Å². The Morgan fingerprint density at radius 1 is 1.10 bits per heavy atom. The molecule has 0 fully saturated rings. The van der Waals surface area contributed by atoms with Crippen molar-refractivity contribution in [2.24, 2.45) is 19.1 Å². The van der Waals surface area contributed by atoms with E-state index in [0.29, 0.717) is 33.0 Å². The van der Waals surface area contributed by atoms with Crippen LogP contribution in [0, 0.1) is 11.6 Å². The molecule has 1 N–H and O–H groups in total. The Morgan fingerprint density at radius 3 is 2.33 bits per heavy atom. The van der Waals surface area contributed by atoms with Gasteiger partial charge in [-0.15, -0.1) is 27.4 Å². The number of phosphoric acid groups is 1. The Morgan fingerprint density at radius 2 is 1.74 bits per heavy atom. The average Bonchev–Trinajstić information content (AvgIpc) is 3.44. The van der Waals surface area contributed by atoms with Crippen LogP contribution in [0.1, 0.15) is 11.1 Å². The molecule has 214 valence electrons. The van der Waals surface area contributed by atoms with Crippen molar-refractivity contribution in [1.29, 1.82) is 0 Å². The quantitative estimate of drug-likeness (QED) is 0.131. The predicted octanol–water partition coefficient (Wildman–Crippen LogP) is -3.02. The van der Waals surface area contributed by atoms with Crippen molar-refractivity contribution in [2.45, 2.75) is 12.6 Å². The summed E-state index contributed by atoms with van der Waals surface area (Å²) in [6.45, 7) is 0. The monoisotopic (exact) mass is 672 g/mol. The number of halogens is 5. The van der Waals surface area contributed by atoms with Gasteiger partial charge in [0.05, 0.1) is 11.8 Å². The molecular formula is C21H16F5N4Na2O7PS2+2. The van der Waals surface area contributed by atoms with E-state index < -0.39 is 70.8 Å². The SMILES string of the molecule is COP(=O)(O)On1c(-c2ccc(F)c(C(F)(F)F)c2F)csc1=NC(=O)Cc1csc2c1c(=O)n(C)c(=O)n2C.[Na+].[Na+]. The number of fused-ring (bicyclic) bond motifs is 1. The Hall–Kier alpha value is -1.44. The van der Waals surface area contributed by atoms with E-state index in [1.165, 1.54) is 24.0 Å². The number of thiazole rings is 1. The second-order valence-corrected chi connectivity index (χ2v) is 11.2. The molecule has 42 heavy (non-hydrogen) atoms. The first kappa shape index (κ1) is 36.8. The summed E-state index contributed by atoms with van der Waals surface area (Å²) in [5, 5.41) is 2.51. The van der Waals surface area contributed by atoms with E-state index in [4.69, 9.17) is 4.62 Å². The minimum Gasteiger partial charge on any atom is -0.308 e. The number of aryl methyl sites for hydroxylation is 1. The number of carbonyl (C=O) groups is 1. The second kappa shape index (κ2) is 13.7. The van der Waals surface area contributed by atoms with Crippen molar-refractivity contribution in [3.05, 3.63) is 71.3 Å². The third-order valence-corrected chi connectivity index (χ3v) is 8.29. The minimum absolute atomic E-state index is 0. The fraction of sp³-hybridized carbons (Fsp3) is 0.238. The average molecular weight is 672 g/mol. The molecular weight excluding hydrogens is 656 g/mol. The molecule has 0 saturated heterocycles. The van der Waals surface area contributed by atoms with Crippen LogP contribution in [0.2, 0.25) is 0 Å². The number of alkyl halides is 3. The largest absolute Gasteiger partial charge is 1.00 e. The van der Waals surface area contributed by atoms with Gasteiger partial charge in [-0.2, -0.15) is 18.2 Å². The van der Waals surface area contributed by atoms with Crippen molar-refractivity contribution >= 4 is 46.6 Å². The number of nitrogens with zero attached hydrogens (tertiary/aromatic N) is 4. The van der Waals surface area contributed by atoms with Crippen LogP contribution >= 0.6 is 30.5 Å². The molecule has 1 unspecified atom stereocenters. The van der Waals surface area contributed by atoms with E-state index in [2.05, 4.69) is 9.52 Å². The van der Waals surface area contributed by atoms with Crippen molar-refractivity contribution in [3.63, 3.8) is 0 Å². The van der Waals surface area contributed by atoms with E-state index in [9.17, 15) is 45.8 Å². The number of phosphoric ester groups is 1. The van der Waals surface area contributed by atoms with Gasteiger partial charge in [0.25, 0.3) is 11.5 Å². The first-order valence-corrected chi connectivity index (χ1v) is 13.9. The van der Waals surface area contributed by atoms with Crippen molar-refractivity contribution < 1.29 is 104 Å². The van der Waals surface area contributed by atoms with Crippen LogP contribution in [-0.4, -0.2) is 31.8 Å². The standard InChI is InChI=1S/C21H16F5N4O7PS2.2Na/c1-28-17(32)14-9(7-39-18(14)29(2)20(28)33)6-13(31)27-19-30(37-38(34,35)36-3)12(8-40-19)10-4-5-11(22)15(16(10)23)21(24,25)26;;/h4-5,7-8H,6H2,1-3H3,(H,34,35);;/q;2*+1. The summed E-state index contributed by atoms with van der Waals surface area (Å²) in [6, 6.07) is 0.982. The number of thiophene rings is 1. The second-order valence-electron chi connectivity index (χ2n) is 8.04. The predicted molar refractivity (Wildman–Crippen MR) is 133 cm³/mol. The number of aromatic nitrogens is 3. The summed E-state index contributed by atoms with van der Waals surface area (Å²) in [5.74, 6) is -4.88. The molecule has 3 heterocycles. The number of benzene rings is 1. The summed E-state index contributed by atoms with van der Waals surface area (Å²) in [6.07, 6.45) is -5.91. The fourth-order valence-corrected chi connectivity index (χ4v) is 5.99. The molecule has 0 aliphatic rings. The topological polar surface area (TPSA) is 134 Å². The van der Waals surface area contributed by atoms with Crippen LogP contribution in [0.4, 0.5) is 22.0 Å². The maximum atomic E-state index is 14.9. The van der Waals surface area contributed by atoms with Crippen LogP contribution in [0.25, 0.3) is 21.5 Å². The van der Waals surface area contributed by atoms with Gasteiger partial charge in [-0.05, 0) is 23.1 Å². The molecule has 0 saturated carbocycles. The molecule has 1 atom stereocenters. The Kier molecular flexibility index (Phi) is 12.0. The van der Waals surface area contributed by atoms with Gasteiger partial charge >= 0.3 is 78.8 Å². The molecule has 0 bridgehead atoms. The smallest absolute Gasteiger partial charge is 0.308 e. The molecule has 4 rings (SSSR count). The molecule has 0 aliphatic heterocycles. The van der Waals surface area contributed by atoms with Crippen molar-refractivity contribution in [2.75, 3.05) is 7.11 Å². The molecule has 3 aromatic heterocycles. The molecule has 21 heteroatoms. The molecule has 0 spiro atoms. The van der Waals surface area contributed by atoms with E-state index in [-0.39, 0.29) is 70.1 Å². The number of hydrogen-bond acceptors (Lipinski definition) is 8. The zero-order valence-electron chi connectivity index (χ0n) is 22.4. The van der Waals surface area contributed by atoms with E-state index in [0.717, 1.165) is 28.4 Å². The van der Waals surface area contributed by atoms with Gasteiger partial charge in [-0.3, -0.25) is 28.1 Å². The van der Waals surface area contributed by atoms with Crippen molar-refractivity contribution in [1.82, 2.24) is 13.9 Å². The summed E-state index contributed by atoms with van der Waals surface area (Å²) in [5.41, 5.74) is -4.75. The molecule has 0 aliphatic carbocycles. The van der Waals surface area contributed by atoms with Gasteiger partial charge in [0.2, 0.25) is 4.80 Å². The molecule has 0 radical (unpaired) electrons. The maximum Gasteiger partial charge on any atom is 1.00 e. The van der Waals surface area contributed by atoms with Gasteiger partial charge in [0.15, 0.2) is 0 Å². The van der Waals surface area contributed by atoms with Crippen LogP contribution in [0.15, 0.2) is 37.5 Å². The summed E-state index contributed by atoms with van der Waals surface area (Å²) >= 11 is 1.54. The van der Waals surface area contributed by atoms with Crippen molar-refractivity contribution in [3.8, 4) is 11.3 Å². The normalized spacial score (nSPS) is 13.4. The van der Waals surface area contributed by atoms with Crippen LogP contribution in [-0.2, 0) is 40.6 Å². The number of hydrogen-bond donors (Lipinski definition) is 1. The van der Waals surface area contributed by atoms with Crippen LogP contribution < -0.4 is 79.8 Å². The molecule has 1 amide bonds. The zero-order valence-corrected chi connectivity index (χ0v) is 28.9. The first-order valence-electron chi connectivity index (χ1n) is 10.7. The van der Waals surface area contributed by atoms with Gasteiger partial charge in [-0.1, -0.05) is 0 Å². The summed E-state index contributed by atoms with van der Waals surface area (Å²) < 4.78 is 92.2. The van der Waals surface area contributed by atoms with Gasteiger partial charge in [0, 0.05) is 32.1 Å². The third kappa shape index (κ3) is 7.10. The molecule has 4 aromatic rings. The Labute approximate surface area is 284 Å². The van der Waals surface area contributed by atoms with Gasteiger partial charge in [-0.25, -0.2) is 18.1 Å². The van der Waals surface area contributed by atoms with Crippen LogP contribution in [0.5, 0.6) is 0 Å². The summed E-state index contributed by atoms with van der Waals surface area (Å²) in [7, 11) is -1.49. The minimum atomic E-state index is -5.42. The van der Waals surface area contributed by atoms with Crippen LogP contribution in [0.3, 0.4) is 0 Å². The maximum absolute atomic E-state index is 14.9.